The maximum Gasteiger partial charge on any atom is 0.123 e. The van der Waals surface area contributed by atoms with Gasteiger partial charge < -0.3 is 9.80 Å². The zero-order valence-electron chi connectivity index (χ0n) is 15.9. The Hall–Kier alpha value is -1.87. The molecule has 2 aromatic carbocycles. The van der Waals surface area contributed by atoms with Crippen LogP contribution in [0.2, 0.25) is 0 Å². The van der Waals surface area contributed by atoms with E-state index >= 15 is 0 Å². The first kappa shape index (κ1) is 17.5. The summed E-state index contributed by atoms with van der Waals surface area (Å²) in [6.07, 6.45) is 4.87. The average Bonchev–Trinajstić information content (AvgIpc) is 3.05. The molecule has 138 valence electrons. The van der Waals surface area contributed by atoms with Crippen LogP contribution in [-0.2, 0) is 6.42 Å². The monoisotopic (exact) mass is 352 g/mol. The van der Waals surface area contributed by atoms with Crippen LogP contribution in [0.15, 0.2) is 42.5 Å². The summed E-state index contributed by atoms with van der Waals surface area (Å²) in [6.45, 7) is 3.49. The highest BCUT2D eigenvalue weighted by Crippen LogP contribution is 2.37. The molecule has 0 saturated carbocycles. The Labute approximate surface area is 156 Å². The topological polar surface area (TPSA) is 6.48 Å². The van der Waals surface area contributed by atoms with Crippen molar-refractivity contribution in [2.75, 3.05) is 38.6 Å². The molecule has 0 bridgehead atoms. The summed E-state index contributed by atoms with van der Waals surface area (Å²) in [6, 6.07) is 14.1. The number of nitrogens with zero attached hydrogens (tertiary/aromatic N) is 2. The van der Waals surface area contributed by atoms with Crippen molar-refractivity contribution >= 4 is 5.69 Å². The largest absolute Gasteiger partial charge is 0.378 e. The lowest BCUT2D eigenvalue weighted by atomic mass is 9.89. The van der Waals surface area contributed by atoms with Crippen LogP contribution in [0.5, 0.6) is 0 Å². The van der Waals surface area contributed by atoms with E-state index in [1.54, 1.807) is 23.3 Å². The van der Waals surface area contributed by atoms with Gasteiger partial charge in [-0.15, -0.1) is 0 Å². The van der Waals surface area contributed by atoms with Crippen molar-refractivity contribution in [1.82, 2.24) is 4.90 Å². The Morgan fingerprint density at radius 2 is 1.73 bits per heavy atom. The lowest BCUT2D eigenvalue weighted by Crippen LogP contribution is -2.35. The molecule has 4 rings (SSSR count). The molecule has 1 unspecified atom stereocenters. The molecule has 26 heavy (non-hydrogen) atoms. The maximum atomic E-state index is 13.1. The van der Waals surface area contributed by atoms with Crippen molar-refractivity contribution in [1.29, 1.82) is 0 Å². The molecule has 0 radical (unpaired) electrons. The first-order valence-electron chi connectivity index (χ1n) is 9.88. The van der Waals surface area contributed by atoms with Gasteiger partial charge in [0.25, 0.3) is 0 Å². The molecule has 1 fully saturated rings. The second-order valence-corrected chi connectivity index (χ2v) is 8.14. The van der Waals surface area contributed by atoms with Crippen molar-refractivity contribution in [3.63, 3.8) is 0 Å². The predicted molar refractivity (Wildman–Crippen MR) is 107 cm³/mol. The first-order chi connectivity index (χ1) is 12.6. The second-order valence-electron chi connectivity index (χ2n) is 8.14. The van der Waals surface area contributed by atoms with Gasteiger partial charge in [-0.05, 0) is 91.6 Å². The van der Waals surface area contributed by atoms with Crippen LogP contribution < -0.4 is 4.90 Å². The molecule has 0 aromatic heterocycles. The van der Waals surface area contributed by atoms with Gasteiger partial charge in [0.2, 0.25) is 0 Å². The highest BCUT2D eigenvalue weighted by atomic mass is 19.1. The van der Waals surface area contributed by atoms with Gasteiger partial charge in [-0.25, -0.2) is 4.39 Å². The van der Waals surface area contributed by atoms with Crippen LogP contribution >= 0.6 is 0 Å². The fourth-order valence-corrected chi connectivity index (χ4v) is 4.64. The number of likely N-dealkylation sites (tertiary alicyclic amines) is 1. The average molecular weight is 352 g/mol. The van der Waals surface area contributed by atoms with Gasteiger partial charge in [0.15, 0.2) is 0 Å². The lowest BCUT2D eigenvalue weighted by Gasteiger charge is -2.34. The fraction of sp³-hybridized carbons (Fsp3) is 0.478. The smallest absolute Gasteiger partial charge is 0.123 e. The zero-order chi connectivity index (χ0) is 18.1. The Kier molecular flexibility index (Phi) is 4.99. The number of hydrogen-bond acceptors (Lipinski definition) is 2. The third-order valence-electron chi connectivity index (χ3n) is 6.26. The van der Waals surface area contributed by atoms with Gasteiger partial charge in [-0.1, -0.05) is 18.2 Å². The molecular formula is C23H29FN2. The number of halogens is 1. The molecule has 1 heterocycles. The number of piperidine rings is 1. The van der Waals surface area contributed by atoms with Gasteiger partial charge in [-0.3, -0.25) is 0 Å². The minimum Gasteiger partial charge on any atom is -0.378 e. The van der Waals surface area contributed by atoms with Crippen molar-refractivity contribution < 1.29 is 4.39 Å². The number of fused-ring (bicyclic) bond motifs is 1. The number of aryl methyl sites for hydroxylation is 1. The number of rotatable bonds is 4. The zero-order valence-corrected chi connectivity index (χ0v) is 15.9. The molecule has 0 N–H and O–H groups in total. The number of anilines is 1. The van der Waals surface area contributed by atoms with Crippen LogP contribution in [0.4, 0.5) is 10.1 Å². The van der Waals surface area contributed by atoms with E-state index in [9.17, 15) is 4.39 Å². The van der Waals surface area contributed by atoms with E-state index in [1.807, 2.05) is 12.1 Å². The van der Waals surface area contributed by atoms with E-state index in [4.69, 9.17) is 0 Å². The summed E-state index contributed by atoms with van der Waals surface area (Å²) < 4.78 is 13.1. The van der Waals surface area contributed by atoms with Gasteiger partial charge in [0.1, 0.15) is 5.82 Å². The van der Waals surface area contributed by atoms with Gasteiger partial charge in [-0.2, -0.15) is 0 Å². The fourth-order valence-electron chi connectivity index (χ4n) is 4.64. The van der Waals surface area contributed by atoms with Crippen LogP contribution in [0, 0.1) is 5.82 Å². The van der Waals surface area contributed by atoms with Crippen LogP contribution in [-0.4, -0.2) is 38.6 Å². The van der Waals surface area contributed by atoms with Gasteiger partial charge in [0, 0.05) is 26.3 Å². The lowest BCUT2D eigenvalue weighted by molar-refractivity contribution is 0.200. The highest BCUT2D eigenvalue weighted by Gasteiger charge is 2.27. The molecule has 1 aliphatic heterocycles. The van der Waals surface area contributed by atoms with Crippen molar-refractivity contribution in [3.05, 3.63) is 65.0 Å². The Morgan fingerprint density at radius 1 is 1.00 bits per heavy atom. The Balaban J connectivity index is 1.37. The number of benzene rings is 2. The summed E-state index contributed by atoms with van der Waals surface area (Å²) in [5, 5.41) is 0. The van der Waals surface area contributed by atoms with Crippen molar-refractivity contribution in [2.45, 2.75) is 37.5 Å². The van der Waals surface area contributed by atoms with Crippen molar-refractivity contribution in [2.24, 2.45) is 0 Å². The predicted octanol–water partition coefficient (Wildman–Crippen LogP) is 4.80. The minimum atomic E-state index is -0.136. The third-order valence-corrected chi connectivity index (χ3v) is 6.26. The second kappa shape index (κ2) is 7.40. The summed E-state index contributed by atoms with van der Waals surface area (Å²) in [5.41, 5.74) is 5.72. The van der Waals surface area contributed by atoms with E-state index in [0.29, 0.717) is 11.8 Å². The third kappa shape index (κ3) is 3.64. The van der Waals surface area contributed by atoms with E-state index in [2.05, 4.69) is 42.1 Å². The summed E-state index contributed by atoms with van der Waals surface area (Å²) in [5.74, 6) is 1.12. The van der Waals surface area contributed by atoms with Gasteiger partial charge in [0.05, 0.1) is 0 Å². The minimum absolute atomic E-state index is 0.136. The van der Waals surface area contributed by atoms with Crippen LogP contribution in [0.25, 0.3) is 0 Å². The molecule has 2 aromatic rings. The van der Waals surface area contributed by atoms with Crippen LogP contribution in [0.1, 0.15) is 47.8 Å². The van der Waals surface area contributed by atoms with E-state index in [0.717, 1.165) is 13.1 Å². The van der Waals surface area contributed by atoms with E-state index in [1.165, 1.54) is 43.5 Å². The summed E-state index contributed by atoms with van der Waals surface area (Å²) in [7, 11) is 4.23. The molecule has 0 amide bonds. The molecular weight excluding hydrogens is 323 g/mol. The van der Waals surface area contributed by atoms with Crippen LogP contribution in [0.3, 0.4) is 0 Å². The van der Waals surface area contributed by atoms with E-state index in [-0.39, 0.29) is 5.82 Å². The molecule has 1 atom stereocenters. The SMILES string of the molecule is CN(C)c1ccc2c(c1)C(CN1CCC(c3ccc(F)cc3)CC1)CC2. The standard InChI is InChI=1S/C23H29FN2/c1-25(2)22-10-7-19-3-4-20(23(19)15-22)16-26-13-11-18(12-14-26)17-5-8-21(24)9-6-17/h5-10,15,18,20H,3-4,11-14,16H2,1-2H3. The van der Waals surface area contributed by atoms with Gasteiger partial charge >= 0.3 is 0 Å². The quantitative estimate of drug-likeness (QED) is 0.780. The Morgan fingerprint density at radius 3 is 2.42 bits per heavy atom. The normalized spacial score (nSPS) is 21.0. The molecule has 0 spiro atoms. The summed E-state index contributed by atoms with van der Waals surface area (Å²) in [4.78, 5) is 4.84. The molecule has 2 nitrogen and oxygen atoms in total. The first-order valence-corrected chi connectivity index (χ1v) is 9.88. The van der Waals surface area contributed by atoms with E-state index < -0.39 is 0 Å². The Bertz CT molecular complexity index is 745. The molecule has 3 heteroatoms. The molecule has 1 saturated heterocycles. The highest BCUT2D eigenvalue weighted by molar-refractivity contribution is 5.52. The molecule has 1 aliphatic carbocycles. The summed E-state index contributed by atoms with van der Waals surface area (Å²) >= 11 is 0. The van der Waals surface area contributed by atoms with Crippen molar-refractivity contribution in [3.8, 4) is 0 Å². The molecule has 2 aliphatic rings. The number of hydrogen-bond donors (Lipinski definition) is 0. The maximum absolute atomic E-state index is 13.1.